The van der Waals surface area contributed by atoms with Crippen LogP contribution in [0.3, 0.4) is 0 Å². The molecular formula is C16H32N4O6. The first-order chi connectivity index (χ1) is 12.1. The minimum Gasteiger partial charge on any atom is -0.394 e. The molecule has 2 atom stereocenters. The largest absolute Gasteiger partial charge is 0.394 e. The predicted octanol–water partition coefficient (Wildman–Crippen LogP) is -1.57. The van der Waals surface area contributed by atoms with Crippen LogP contribution >= 0.6 is 0 Å². The molecule has 0 heterocycles. The molecule has 2 amide bonds. The molecule has 0 aliphatic carbocycles. The van der Waals surface area contributed by atoms with Crippen molar-refractivity contribution in [1.29, 1.82) is 0 Å². The molecule has 0 bridgehead atoms. The highest BCUT2D eigenvalue weighted by molar-refractivity contribution is 5.79. The highest BCUT2D eigenvalue weighted by Gasteiger charge is 2.28. The number of carbonyl (C=O) groups excluding carboxylic acids is 2. The zero-order valence-electron chi connectivity index (χ0n) is 15.9. The van der Waals surface area contributed by atoms with Crippen molar-refractivity contribution in [3.63, 3.8) is 0 Å². The van der Waals surface area contributed by atoms with Gasteiger partial charge in [-0.05, 0) is 13.8 Å². The molecule has 0 aromatic heterocycles. The van der Waals surface area contributed by atoms with Gasteiger partial charge in [-0.2, -0.15) is 10.2 Å². The smallest absolute Gasteiger partial charge is 0.225 e. The summed E-state index contributed by atoms with van der Waals surface area (Å²) in [5, 5.41) is 49.6. The standard InChI is InChI=1S/C16H32N4O6/c1-11(13(25)19-15(3,7-21)8-22)5-17-18-6-12(2)14(26)20-16(4,9-23)10-24/h11-12,21-24H,5-10H2,1-4H3,(H,19,25)(H,20,26). The van der Waals surface area contributed by atoms with E-state index < -0.39 is 49.3 Å². The maximum absolute atomic E-state index is 12.0. The number of hydrogen-bond acceptors (Lipinski definition) is 8. The summed E-state index contributed by atoms with van der Waals surface area (Å²) >= 11 is 0. The minimum absolute atomic E-state index is 0.0953. The first-order valence-electron chi connectivity index (χ1n) is 8.47. The van der Waals surface area contributed by atoms with E-state index in [0.717, 1.165) is 0 Å². The zero-order chi connectivity index (χ0) is 20.4. The fourth-order valence-corrected chi connectivity index (χ4v) is 1.63. The first-order valence-corrected chi connectivity index (χ1v) is 8.47. The fourth-order valence-electron chi connectivity index (χ4n) is 1.63. The number of amides is 2. The summed E-state index contributed by atoms with van der Waals surface area (Å²) in [6.45, 7) is 4.93. The van der Waals surface area contributed by atoms with E-state index in [2.05, 4.69) is 20.9 Å². The van der Waals surface area contributed by atoms with Crippen molar-refractivity contribution in [3.05, 3.63) is 0 Å². The Labute approximate surface area is 153 Å². The molecule has 0 fully saturated rings. The number of azo groups is 1. The molecule has 10 heteroatoms. The van der Waals surface area contributed by atoms with Gasteiger partial charge in [0.1, 0.15) is 0 Å². The van der Waals surface area contributed by atoms with Crippen LogP contribution in [0.2, 0.25) is 0 Å². The molecular weight excluding hydrogens is 344 g/mol. The third-order valence-corrected chi connectivity index (χ3v) is 3.95. The molecule has 152 valence electrons. The third kappa shape index (κ3) is 8.17. The highest BCUT2D eigenvalue weighted by atomic mass is 16.3. The second-order valence-electron chi connectivity index (χ2n) is 7.18. The van der Waals surface area contributed by atoms with Crippen molar-refractivity contribution in [1.82, 2.24) is 10.6 Å². The molecule has 26 heavy (non-hydrogen) atoms. The predicted molar refractivity (Wildman–Crippen MR) is 94.4 cm³/mol. The van der Waals surface area contributed by atoms with E-state index in [9.17, 15) is 30.0 Å². The van der Waals surface area contributed by atoms with Gasteiger partial charge < -0.3 is 31.1 Å². The molecule has 2 unspecified atom stereocenters. The Balaban J connectivity index is 4.41. The van der Waals surface area contributed by atoms with Gasteiger partial charge in [-0.25, -0.2) is 0 Å². The first kappa shape index (κ1) is 24.4. The van der Waals surface area contributed by atoms with E-state index in [1.54, 1.807) is 13.8 Å². The van der Waals surface area contributed by atoms with Crippen LogP contribution in [0.5, 0.6) is 0 Å². The Bertz CT molecular complexity index is 435. The van der Waals surface area contributed by atoms with Crippen LogP contribution in [0, 0.1) is 11.8 Å². The van der Waals surface area contributed by atoms with Crippen LogP contribution < -0.4 is 10.6 Å². The summed E-state index contributed by atoms with van der Waals surface area (Å²) < 4.78 is 0. The van der Waals surface area contributed by atoms with Gasteiger partial charge in [0, 0.05) is 0 Å². The van der Waals surface area contributed by atoms with E-state index in [0.29, 0.717) is 0 Å². The van der Waals surface area contributed by atoms with Crippen LogP contribution in [-0.4, -0.2) is 82.8 Å². The van der Waals surface area contributed by atoms with Gasteiger partial charge in [0.15, 0.2) is 0 Å². The fraction of sp³-hybridized carbons (Fsp3) is 0.875. The van der Waals surface area contributed by atoms with Gasteiger partial charge >= 0.3 is 0 Å². The Morgan fingerprint density at radius 2 is 1.04 bits per heavy atom. The Kier molecular flexibility index (Phi) is 10.5. The molecule has 6 N–H and O–H groups in total. The Hall–Kier alpha value is -1.62. The van der Waals surface area contributed by atoms with Crippen molar-refractivity contribution in [2.24, 2.45) is 22.1 Å². The molecule has 0 aliphatic heterocycles. The summed E-state index contributed by atoms with van der Waals surface area (Å²) in [7, 11) is 0. The summed E-state index contributed by atoms with van der Waals surface area (Å²) in [5.74, 6) is -1.79. The van der Waals surface area contributed by atoms with Crippen molar-refractivity contribution >= 4 is 11.8 Å². The maximum Gasteiger partial charge on any atom is 0.225 e. The van der Waals surface area contributed by atoms with Crippen LogP contribution in [0.25, 0.3) is 0 Å². The van der Waals surface area contributed by atoms with E-state index in [-0.39, 0.29) is 24.9 Å². The van der Waals surface area contributed by atoms with Crippen molar-refractivity contribution in [2.75, 3.05) is 39.5 Å². The number of aliphatic hydroxyl groups is 4. The van der Waals surface area contributed by atoms with Crippen LogP contribution in [0.1, 0.15) is 27.7 Å². The van der Waals surface area contributed by atoms with Gasteiger partial charge in [-0.1, -0.05) is 13.8 Å². The number of carbonyl (C=O) groups is 2. The molecule has 0 aromatic rings. The second-order valence-corrected chi connectivity index (χ2v) is 7.18. The normalized spacial score (nSPS) is 14.9. The van der Waals surface area contributed by atoms with Gasteiger partial charge in [0.25, 0.3) is 0 Å². The zero-order valence-corrected chi connectivity index (χ0v) is 15.9. The molecule has 0 aliphatic rings. The number of hydrogen-bond donors (Lipinski definition) is 6. The topological polar surface area (TPSA) is 164 Å². The summed E-state index contributed by atoms with van der Waals surface area (Å²) in [5.41, 5.74) is -2.19. The lowest BCUT2D eigenvalue weighted by molar-refractivity contribution is -0.128. The lowest BCUT2D eigenvalue weighted by Crippen LogP contribution is -2.53. The molecule has 0 spiro atoms. The Morgan fingerprint density at radius 1 is 0.769 bits per heavy atom. The van der Waals surface area contributed by atoms with Crippen molar-refractivity contribution in [2.45, 2.75) is 38.8 Å². The van der Waals surface area contributed by atoms with Gasteiger partial charge in [0.05, 0.1) is 62.4 Å². The van der Waals surface area contributed by atoms with Crippen molar-refractivity contribution in [3.8, 4) is 0 Å². The molecule has 0 radical (unpaired) electrons. The third-order valence-electron chi connectivity index (χ3n) is 3.95. The number of nitrogens with zero attached hydrogens (tertiary/aromatic N) is 2. The lowest BCUT2D eigenvalue weighted by atomic mass is 10.0. The SMILES string of the molecule is CC(CN=NCC(C)C(=O)NC(C)(CO)CO)C(=O)NC(C)(CO)CO. The van der Waals surface area contributed by atoms with E-state index >= 15 is 0 Å². The summed E-state index contributed by atoms with van der Waals surface area (Å²) in [4.78, 5) is 24.0. The molecule has 0 saturated heterocycles. The van der Waals surface area contributed by atoms with Crippen LogP contribution in [0.4, 0.5) is 0 Å². The molecule has 0 saturated carbocycles. The van der Waals surface area contributed by atoms with Gasteiger partial charge in [-0.15, -0.1) is 0 Å². The average molecular weight is 376 g/mol. The quantitative estimate of drug-likeness (QED) is 0.225. The highest BCUT2D eigenvalue weighted by Crippen LogP contribution is 2.07. The van der Waals surface area contributed by atoms with E-state index in [1.807, 2.05) is 0 Å². The lowest BCUT2D eigenvalue weighted by Gasteiger charge is -2.27. The maximum atomic E-state index is 12.0. The monoisotopic (exact) mass is 376 g/mol. The molecule has 0 rings (SSSR count). The van der Waals surface area contributed by atoms with Gasteiger partial charge in [0.2, 0.25) is 11.8 Å². The van der Waals surface area contributed by atoms with Crippen LogP contribution in [0.15, 0.2) is 10.2 Å². The number of rotatable bonds is 12. The van der Waals surface area contributed by atoms with E-state index in [4.69, 9.17) is 0 Å². The summed E-state index contributed by atoms with van der Waals surface area (Å²) in [6, 6.07) is 0. The molecule has 10 nitrogen and oxygen atoms in total. The minimum atomic E-state index is -1.10. The number of aliphatic hydroxyl groups excluding tert-OH is 4. The van der Waals surface area contributed by atoms with Gasteiger partial charge in [-0.3, -0.25) is 9.59 Å². The van der Waals surface area contributed by atoms with E-state index in [1.165, 1.54) is 13.8 Å². The Morgan fingerprint density at radius 3 is 1.27 bits per heavy atom. The van der Waals surface area contributed by atoms with Crippen molar-refractivity contribution < 1.29 is 30.0 Å². The number of nitrogens with one attached hydrogen (secondary N) is 2. The summed E-state index contributed by atoms with van der Waals surface area (Å²) in [6.07, 6.45) is 0. The second kappa shape index (κ2) is 11.2. The van der Waals surface area contributed by atoms with Crippen LogP contribution in [-0.2, 0) is 9.59 Å². The molecule has 0 aromatic carbocycles. The average Bonchev–Trinajstić information content (AvgIpc) is 2.64.